The summed E-state index contributed by atoms with van der Waals surface area (Å²) >= 11 is 2.85. The zero-order chi connectivity index (χ0) is 22.9. The molecule has 0 unspecified atom stereocenters. The van der Waals surface area contributed by atoms with Gasteiger partial charge in [0.05, 0.1) is 22.0 Å². The predicted octanol–water partition coefficient (Wildman–Crippen LogP) is 4.85. The third-order valence-corrected chi connectivity index (χ3v) is 7.31. The van der Waals surface area contributed by atoms with Crippen molar-refractivity contribution in [3.05, 3.63) is 99.2 Å². The van der Waals surface area contributed by atoms with Gasteiger partial charge in [0.2, 0.25) is 0 Å². The lowest BCUT2D eigenvalue weighted by Gasteiger charge is -2.12. The highest BCUT2D eigenvalue weighted by Gasteiger charge is 2.18. The van der Waals surface area contributed by atoms with Gasteiger partial charge in [0, 0.05) is 24.5 Å². The first kappa shape index (κ1) is 21.4. The number of hydrogen-bond acceptors (Lipinski definition) is 6. The van der Waals surface area contributed by atoms with Crippen molar-refractivity contribution in [1.82, 2.24) is 19.1 Å². The standard InChI is InChI=1S/C25H20N4O2S2/c1-3-13-29-24(31)21-18(16-9-5-4-6-10-16)14-32-22(21)27-25(29)33-15-20-26-19-12-8-7-11-17(19)23(30)28(20)2/h3-12,14H,1,13,15H2,2H3. The fourth-order valence-electron chi connectivity index (χ4n) is 3.76. The molecule has 0 bridgehead atoms. The summed E-state index contributed by atoms with van der Waals surface area (Å²) in [7, 11) is 1.72. The molecule has 0 radical (unpaired) electrons. The highest BCUT2D eigenvalue weighted by Crippen LogP contribution is 2.32. The van der Waals surface area contributed by atoms with Crippen LogP contribution in [0.3, 0.4) is 0 Å². The van der Waals surface area contributed by atoms with E-state index in [0.717, 1.165) is 11.1 Å². The number of benzene rings is 2. The molecule has 0 fully saturated rings. The Labute approximate surface area is 197 Å². The Hall–Kier alpha value is -3.49. The first-order valence-corrected chi connectivity index (χ1v) is 12.2. The number of aromatic nitrogens is 4. The molecule has 3 heterocycles. The first-order valence-electron chi connectivity index (χ1n) is 10.3. The van der Waals surface area contributed by atoms with E-state index in [2.05, 4.69) is 11.6 Å². The number of rotatable bonds is 6. The van der Waals surface area contributed by atoms with Gasteiger partial charge in [0.25, 0.3) is 11.1 Å². The number of thioether (sulfide) groups is 1. The lowest BCUT2D eigenvalue weighted by Crippen LogP contribution is -2.24. The molecule has 2 aromatic carbocycles. The number of fused-ring (bicyclic) bond motifs is 2. The van der Waals surface area contributed by atoms with Crippen molar-refractivity contribution >= 4 is 44.2 Å². The first-order chi connectivity index (χ1) is 16.1. The van der Waals surface area contributed by atoms with Crippen molar-refractivity contribution in [2.45, 2.75) is 17.5 Å². The van der Waals surface area contributed by atoms with Crippen LogP contribution >= 0.6 is 23.1 Å². The number of allylic oxidation sites excluding steroid dienone is 1. The number of hydrogen-bond donors (Lipinski definition) is 0. The molecule has 0 aliphatic heterocycles. The van der Waals surface area contributed by atoms with Crippen molar-refractivity contribution in [1.29, 1.82) is 0 Å². The quantitative estimate of drug-likeness (QED) is 0.201. The topological polar surface area (TPSA) is 69.8 Å². The van der Waals surface area contributed by atoms with E-state index in [-0.39, 0.29) is 11.1 Å². The number of thiophene rings is 1. The van der Waals surface area contributed by atoms with Crippen molar-refractivity contribution < 1.29 is 0 Å². The second-order valence-corrected chi connectivity index (χ2v) is 9.29. The predicted molar refractivity (Wildman–Crippen MR) is 136 cm³/mol. The molecule has 0 saturated heterocycles. The average molecular weight is 473 g/mol. The van der Waals surface area contributed by atoms with Gasteiger partial charge < -0.3 is 0 Å². The smallest absolute Gasteiger partial charge is 0.263 e. The summed E-state index contributed by atoms with van der Waals surface area (Å²) in [4.78, 5) is 36.4. The SMILES string of the molecule is C=CCn1c(SCc2nc3ccccc3c(=O)n2C)nc2scc(-c3ccccc3)c2c1=O. The van der Waals surface area contributed by atoms with Gasteiger partial charge in [-0.2, -0.15) is 0 Å². The van der Waals surface area contributed by atoms with E-state index < -0.39 is 0 Å². The Balaban J connectivity index is 1.58. The van der Waals surface area contributed by atoms with Crippen molar-refractivity contribution in [2.75, 3.05) is 0 Å². The van der Waals surface area contributed by atoms with E-state index in [4.69, 9.17) is 4.98 Å². The molecule has 6 nitrogen and oxygen atoms in total. The summed E-state index contributed by atoms with van der Waals surface area (Å²) in [5.74, 6) is 1.03. The zero-order valence-corrected chi connectivity index (χ0v) is 19.5. The van der Waals surface area contributed by atoms with Gasteiger partial charge in [-0.05, 0) is 17.7 Å². The molecule has 0 amide bonds. The van der Waals surface area contributed by atoms with Crippen LogP contribution < -0.4 is 11.1 Å². The lowest BCUT2D eigenvalue weighted by molar-refractivity contribution is 0.672. The minimum atomic E-state index is -0.0946. The Bertz CT molecular complexity index is 1620. The van der Waals surface area contributed by atoms with E-state index in [9.17, 15) is 9.59 Å². The molecule has 8 heteroatoms. The Morgan fingerprint density at radius 2 is 1.79 bits per heavy atom. The molecular weight excluding hydrogens is 452 g/mol. The van der Waals surface area contributed by atoms with Gasteiger partial charge in [-0.3, -0.25) is 18.7 Å². The largest absolute Gasteiger partial charge is 0.299 e. The van der Waals surface area contributed by atoms with E-state index in [1.807, 2.05) is 53.9 Å². The summed E-state index contributed by atoms with van der Waals surface area (Å²) in [6.07, 6.45) is 1.69. The summed E-state index contributed by atoms with van der Waals surface area (Å²) in [6, 6.07) is 17.2. The maximum Gasteiger partial charge on any atom is 0.263 e. The van der Waals surface area contributed by atoms with E-state index in [0.29, 0.717) is 44.4 Å². The van der Waals surface area contributed by atoms with Gasteiger partial charge in [-0.15, -0.1) is 17.9 Å². The molecule has 5 rings (SSSR count). The normalized spacial score (nSPS) is 11.3. The van der Waals surface area contributed by atoms with Gasteiger partial charge in [-0.25, -0.2) is 9.97 Å². The van der Waals surface area contributed by atoms with Crippen LogP contribution in [0, 0.1) is 0 Å². The highest BCUT2D eigenvalue weighted by molar-refractivity contribution is 7.98. The monoisotopic (exact) mass is 472 g/mol. The minimum absolute atomic E-state index is 0.0890. The second kappa shape index (κ2) is 8.80. The zero-order valence-electron chi connectivity index (χ0n) is 17.9. The molecule has 0 N–H and O–H groups in total. The third-order valence-electron chi connectivity index (χ3n) is 5.46. The lowest BCUT2D eigenvalue weighted by atomic mass is 10.1. The van der Waals surface area contributed by atoms with Crippen LogP contribution in [0.15, 0.2) is 87.4 Å². The highest BCUT2D eigenvalue weighted by atomic mass is 32.2. The minimum Gasteiger partial charge on any atom is -0.299 e. The molecule has 5 aromatic rings. The molecule has 0 aliphatic carbocycles. The van der Waals surface area contributed by atoms with Gasteiger partial charge in [0.15, 0.2) is 5.16 Å². The summed E-state index contributed by atoms with van der Waals surface area (Å²) in [6.45, 7) is 4.16. The molecule has 3 aromatic heterocycles. The molecular formula is C25H20N4O2S2. The van der Waals surface area contributed by atoms with Gasteiger partial charge in [0.1, 0.15) is 10.7 Å². The number of para-hydroxylation sites is 1. The van der Waals surface area contributed by atoms with Crippen LogP contribution in [0.1, 0.15) is 5.82 Å². The van der Waals surface area contributed by atoms with E-state index >= 15 is 0 Å². The fraction of sp³-hybridized carbons (Fsp3) is 0.120. The third kappa shape index (κ3) is 3.81. The Kier molecular flexibility index (Phi) is 5.70. The molecule has 33 heavy (non-hydrogen) atoms. The van der Waals surface area contributed by atoms with Crippen molar-refractivity contribution in [3.8, 4) is 11.1 Å². The summed E-state index contributed by atoms with van der Waals surface area (Å²) in [5, 5.41) is 3.77. The van der Waals surface area contributed by atoms with Crippen molar-refractivity contribution in [2.24, 2.45) is 7.05 Å². The van der Waals surface area contributed by atoms with Crippen LogP contribution in [0.5, 0.6) is 0 Å². The maximum absolute atomic E-state index is 13.5. The van der Waals surface area contributed by atoms with Crippen LogP contribution in [-0.2, 0) is 19.3 Å². The summed E-state index contributed by atoms with van der Waals surface area (Å²) < 4.78 is 3.20. The maximum atomic E-state index is 13.5. The Morgan fingerprint density at radius 1 is 1.03 bits per heavy atom. The van der Waals surface area contributed by atoms with Crippen LogP contribution in [0.2, 0.25) is 0 Å². The van der Waals surface area contributed by atoms with E-state index in [1.165, 1.54) is 23.1 Å². The van der Waals surface area contributed by atoms with Gasteiger partial charge in [-0.1, -0.05) is 60.3 Å². The molecule has 164 valence electrons. The van der Waals surface area contributed by atoms with Crippen LogP contribution in [0.25, 0.3) is 32.2 Å². The Morgan fingerprint density at radius 3 is 2.58 bits per heavy atom. The second-order valence-electron chi connectivity index (χ2n) is 7.49. The molecule has 0 atom stereocenters. The van der Waals surface area contributed by atoms with Crippen molar-refractivity contribution in [3.63, 3.8) is 0 Å². The number of nitrogens with zero attached hydrogens (tertiary/aromatic N) is 4. The summed E-state index contributed by atoms with van der Waals surface area (Å²) in [5.41, 5.74) is 2.36. The van der Waals surface area contributed by atoms with Crippen LogP contribution in [-0.4, -0.2) is 19.1 Å². The van der Waals surface area contributed by atoms with Crippen LogP contribution in [0.4, 0.5) is 0 Å². The van der Waals surface area contributed by atoms with E-state index in [1.54, 1.807) is 28.3 Å². The molecule has 0 saturated carbocycles. The van der Waals surface area contributed by atoms with Gasteiger partial charge >= 0.3 is 0 Å². The average Bonchev–Trinajstić information content (AvgIpc) is 3.27. The molecule has 0 aliphatic rings. The fourth-order valence-corrected chi connectivity index (χ4v) is 5.74. The molecule has 0 spiro atoms.